The zero-order chi connectivity index (χ0) is 12.1. The van der Waals surface area contributed by atoms with Gasteiger partial charge in [0.25, 0.3) is 0 Å². The van der Waals surface area contributed by atoms with Crippen LogP contribution in [0.15, 0.2) is 18.2 Å². The summed E-state index contributed by atoms with van der Waals surface area (Å²) in [7, 11) is 0. The highest BCUT2D eigenvalue weighted by molar-refractivity contribution is 5.38. The molecule has 0 radical (unpaired) electrons. The lowest BCUT2D eigenvalue weighted by Gasteiger charge is -2.22. The Balaban J connectivity index is 1.77. The van der Waals surface area contributed by atoms with Crippen molar-refractivity contribution in [3.8, 4) is 11.5 Å². The van der Waals surface area contributed by atoms with Gasteiger partial charge in [-0.1, -0.05) is 6.07 Å². The van der Waals surface area contributed by atoms with Crippen molar-refractivity contribution in [1.29, 1.82) is 0 Å². The van der Waals surface area contributed by atoms with Crippen molar-refractivity contribution in [2.45, 2.75) is 19.4 Å². The molecule has 1 saturated heterocycles. The van der Waals surface area contributed by atoms with Gasteiger partial charge in [0.15, 0.2) is 0 Å². The summed E-state index contributed by atoms with van der Waals surface area (Å²) >= 11 is 0. The molecule has 0 aliphatic carbocycles. The second-order valence-electron chi connectivity index (χ2n) is 4.50. The lowest BCUT2D eigenvalue weighted by atomic mass is 10.0. The van der Waals surface area contributed by atoms with Gasteiger partial charge in [-0.25, -0.2) is 0 Å². The Morgan fingerprint density at radius 2 is 2.00 bits per heavy atom. The topological polar surface area (TPSA) is 61.7 Å². The van der Waals surface area contributed by atoms with Crippen LogP contribution in [0.4, 0.5) is 0 Å². The van der Waals surface area contributed by atoms with Gasteiger partial charge in [0.1, 0.15) is 11.5 Å². The van der Waals surface area contributed by atoms with Crippen molar-refractivity contribution in [1.82, 2.24) is 5.32 Å². The number of hydrogen-bond donors (Lipinski definition) is 3. The number of aromatic hydroxyl groups is 2. The standard InChI is InChI=1S/C13H19NO3/c15-12-2-1-11(13(16)7-12)9-14-8-10-3-5-17-6-4-10/h1-2,7,10,14-16H,3-6,8-9H2. The van der Waals surface area contributed by atoms with E-state index in [1.807, 2.05) is 0 Å². The molecule has 17 heavy (non-hydrogen) atoms. The van der Waals surface area contributed by atoms with E-state index in [9.17, 15) is 10.2 Å². The minimum Gasteiger partial charge on any atom is -0.508 e. The van der Waals surface area contributed by atoms with Gasteiger partial charge in [-0.05, 0) is 31.4 Å². The minimum absolute atomic E-state index is 0.0932. The summed E-state index contributed by atoms with van der Waals surface area (Å²) in [6, 6.07) is 4.69. The molecule has 1 aromatic rings. The van der Waals surface area contributed by atoms with Crippen LogP contribution in [-0.4, -0.2) is 30.0 Å². The number of phenols is 2. The van der Waals surface area contributed by atoms with Crippen molar-refractivity contribution >= 4 is 0 Å². The molecule has 4 nitrogen and oxygen atoms in total. The Bertz CT molecular complexity index is 362. The summed E-state index contributed by atoms with van der Waals surface area (Å²) < 4.78 is 5.30. The molecule has 0 spiro atoms. The van der Waals surface area contributed by atoms with Gasteiger partial charge in [0.05, 0.1) is 0 Å². The smallest absolute Gasteiger partial charge is 0.123 e. The van der Waals surface area contributed by atoms with Crippen LogP contribution in [0.3, 0.4) is 0 Å². The fourth-order valence-electron chi connectivity index (χ4n) is 2.06. The minimum atomic E-state index is 0.0932. The van der Waals surface area contributed by atoms with Crippen LogP contribution in [0, 0.1) is 5.92 Å². The molecule has 0 atom stereocenters. The van der Waals surface area contributed by atoms with Crippen LogP contribution in [0.5, 0.6) is 11.5 Å². The molecule has 1 fully saturated rings. The van der Waals surface area contributed by atoms with E-state index in [1.165, 1.54) is 6.07 Å². The summed E-state index contributed by atoms with van der Waals surface area (Å²) in [4.78, 5) is 0. The van der Waals surface area contributed by atoms with Gasteiger partial charge in [-0.3, -0.25) is 0 Å². The molecule has 0 unspecified atom stereocenters. The fraction of sp³-hybridized carbons (Fsp3) is 0.538. The lowest BCUT2D eigenvalue weighted by Crippen LogP contribution is -2.27. The molecule has 0 saturated carbocycles. The molecule has 2 rings (SSSR count). The van der Waals surface area contributed by atoms with Crippen molar-refractivity contribution in [3.05, 3.63) is 23.8 Å². The molecule has 0 bridgehead atoms. The maximum Gasteiger partial charge on any atom is 0.123 e. The highest BCUT2D eigenvalue weighted by Gasteiger charge is 2.13. The van der Waals surface area contributed by atoms with E-state index in [4.69, 9.17) is 4.74 Å². The molecule has 3 N–H and O–H groups in total. The van der Waals surface area contributed by atoms with Gasteiger partial charge in [-0.2, -0.15) is 0 Å². The number of ether oxygens (including phenoxy) is 1. The molecular weight excluding hydrogens is 218 g/mol. The first kappa shape index (κ1) is 12.2. The summed E-state index contributed by atoms with van der Waals surface area (Å²) in [5.41, 5.74) is 0.815. The maximum absolute atomic E-state index is 9.61. The molecule has 94 valence electrons. The van der Waals surface area contributed by atoms with Gasteiger partial charge >= 0.3 is 0 Å². The molecule has 0 amide bonds. The van der Waals surface area contributed by atoms with E-state index in [-0.39, 0.29) is 11.5 Å². The van der Waals surface area contributed by atoms with Gasteiger partial charge in [0, 0.05) is 31.4 Å². The predicted molar refractivity (Wildman–Crippen MR) is 65.0 cm³/mol. The number of nitrogens with one attached hydrogen (secondary N) is 1. The molecule has 1 aromatic carbocycles. The second kappa shape index (κ2) is 5.89. The van der Waals surface area contributed by atoms with Gasteiger partial charge in [0.2, 0.25) is 0 Å². The van der Waals surface area contributed by atoms with Crippen molar-refractivity contribution < 1.29 is 14.9 Å². The third-order valence-corrected chi connectivity index (χ3v) is 3.16. The van der Waals surface area contributed by atoms with Crippen molar-refractivity contribution in [3.63, 3.8) is 0 Å². The van der Waals surface area contributed by atoms with Crippen LogP contribution in [-0.2, 0) is 11.3 Å². The summed E-state index contributed by atoms with van der Waals surface area (Å²) in [5, 5.41) is 22.1. The van der Waals surface area contributed by atoms with E-state index in [0.717, 1.165) is 38.2 Å². The highest BCUT2D eigenvalue weighted by atomic mass is 16.5. The van der Waals surface area contributed by atoms with Gasteiger partial charge in [-0.15, -0.1) is 0 Å². The Morgan fingerprint density at radius 1 is 1.24 bits per heavy atom. The normalized spacial score (nSPS) is 17.2. The SMILES string of the molecule is Oc1ccc(CNCC2CCOCC2)c(O)c1. The quantitative estimate of drug-likeness (QED) is 0.744. The molecule has 4 heteroatoms. The van der Waals surface area contributed by atoms with Crippen molar-refractivity contribution in [2.75, 3.05) is 19.8 Å². The monoisotopic (exact) mass is 237 g/mol. The molecule has 0 aromatic heterocycles. The van der Waals surface area contributed by atoms with Crippen LogP contribution in [0.2, 0.25) is 0 Å². The Hall–Kier alpha value is -1.26. The maximum atomic E-state index is 9.61. The molecule has 1 aliphatic heterocycles. The first-order chi connectivity index (χ1) is 8.25. The Labute approximate surface area is 101 Å². The van der Waals surface area contributed by atoms with Crippen molar-refractivity contribution in [2.24, 2.45) is 5.92 Å². The lowest BCUT2D eigenvalue weighted by molar-refractivity contribution is 0.0662. The third-order valence-electron chi connectivity index (χ3n) is 3.16. The Kier molecular flexibility index (Phi) is 4.23. The zero-order valence-electron chi connectivity index (χ0n) is 9.85. The Morgan fingerprint density at radius 3 is 2.71 bits per heavy atom. The number of hydrogen-bond acceptors (Lipinski definition) is 4. The van der Waals surface area contributed by atoms with Crippen LogP contribution in [0.25, 0.3) is 0 Å². The molecule has 1 heterocycles. The van der Waals surface area contributed by atoms with Gasteiger partial charge < -0.3 is 20.3 Å². The zero-order valence-corrected chi connectivity index (χ0v) is 9.85. The molecular formula is C13H19NO3. The fourth-order valence-corrected chi connectivity index (χ4v) is 2.06. The first-order valence-corrected chi connectivity index (χ1v) is 6.05. The van der Waals surface area contributed by atoms with Crippen LogP contribution in [0.1, 0.15) is 18.4 Å². The largest absolute Gasteiger partial charge is 0.508 e. The predicted octanol–water partition coefficient (Wildman–Crippen LogP) is 1.61. The summed E-state index contributed by atoms with van der Waals surface area (Å²) in [6.45, 7) is 3.29. The average Bonchev–Trinajstić information content (AvgIpc) is 2.33. The van der Waals surface area contributed by atoms with Crippen LogP contribution >= 0.6 is 0 Å². The van der Waals surface area contributed by atoms with E-state index in [2.05, 4.69) is 5.32 Å². The van der Waals surface area contributed by atoms with E-state index in [0.29, 0.717) is 12.5 Å². The van der Waals surface area contributed by atoms with E-state index < -0.39 is 0 Å². The van der Waals surface area contributed by atoms with E-state index in [1.54, 1.807) is 12.1 Å². The summed E-state index contributed by atoms with van der Waals surface area (Å²) in [6.07, 6.45) is 2.21. The van der Waals surface area contributed by atoms with Crippen LogP contribution < -0.4 is 5.32 Å². The molecule has 1 aliphatic rings. The average molecular weight is 237 g/mol. The number of phenolic OH excluding ortho intramolecular Hbond substituents is 2. The summed E-state index contributed by atoms with van der Waals surface area (Å²) in [5.74, 6) is 0.906. The van der Waals surface area contributed by atoms with E-state index >= 15 is 0 Å². The first-order valence-electron chi connectivity index (χ1n) is 6.05. The number of rotatable bonds is 4. The highest BCUT2D eigenvalue weighted by Crippen LogP contribution is 2.22. The third kappa shape index (κ3) is 3.61. The second-order valence-corrected chi connectivity index (χ2v) is 4.50. The number of benzene rings is 1.